The summed E-state index contributed by atoms with van der Waals surface area (Å²) in [6.45, 7) is 1.95. The van der Waals surface area contributed by atoms with Crippen LogP contribution in [0.4, 0.5) is 5.69 Å². The number of rotatable bonds is 9. The highest BCUT2D eigenvalue weighted by Gasteiger charge is 2.18. The maximum absolute atomic E-state index is 11.9. The molecule has 0 aromatic heterocycles. The molecule has 120 valence electrons. The van der Waals surface area contributed by atoms with E-state index in [0.717, 1.165) is 0 Å². The van der Waals surface area contributed by atoms with E-state index in [1.54, 1.807) is 12.1 Å². The van der Waals surface area contributed by atoms with Crippen LogP contribution in [0.1, 0.15) is 19.8 Å². The summed E-state index contributed by atoms with van der Waals surface area (Å²) in [5.41, 5.74) is 0.715. The Hall–Kier alpha value is -2.02. The van der Waals surface area contributed by atoms with Crippen molar-refractivity contribution in [2.45, 2.75) is 25.0 Å². The van der Waals surface area contributed by atoms with Crippen LogP contribution < -0.4 is 10.6 Å². The zero-order valence-electron chi connectivity index (χ0n) is 12.4. The first kappa shape index (κ1) is 18.0. The van der Waals surface area contributed by atoms with Crippen LogP contribution in [0.25, 0.3) is 0 Å². The number of nitrogens with one attached hydrogen (secondary N) is 2. The lowest BCUT2D eigenvalue weighted by atomic mass is 10.3. The van der Waals surface area contributed by atoms with E-state index in [-0.39, 0.29) is 35.8 Å². The van der Waals surface area contributed by atoms with Gasteiger partial charge in [-0.3, -0.25) is 14.4 Å². The summed E-state index contributed by atoms with van der Waals surface area (Å²) in [5, 5.41) is 13.5. The summed E-state index contributed by atoms with van der Waals surface area (Å²) in [6.07, 6.45) is 0.462. The Bertz CT molecular complexity index is 508. The van der Waals surface area contributed by atoms with Crippen molar-refractivity contribution in [3.63, 3.8) is 0 Å². The van der Waals surface area contributed by atoms with Crippen molar-refractivity contribution in [1.82, 2.24) is 5.32 Å². The van der Waals surface area contributed by atoms with E-state index in [9.17, 15) is 14.4 Å². The average molecular weight is 324 g/mol. The predicted octanol–water partition coefficient (Wildman–Crippen LogP) is 1.73. The molecule has 0 fully saturated rings. The van der Waals surface area contributed by atoms with Crippen molar-refractivity contribution >= 4 is 35.2 Å². The fourth-order valence-corrected chi connectivity index (χ4v) is 2.58. The molecule has 0 aliphatic heterocycles. The molecule has 0 bridgehead atoms. The molecular formula is C15H20N2O4S. The maximum Gasteiger partial charge on any atom is 0.305 e. The number of carbonyl (C=O) groups is 3. The third-order valence-corrected chi connectivity index (χ3v) is 4.15. The average Bonchev–Trinajstić information content (AvgIpc) is 2.48. The van der Waals surface area contributed by atoms with Crippen LogP contribution in [-0.4, -0.2) is 40.4 Å². The van der Waals surface area contributed by atoms with Gasteiger partial charge in [-0.2, -0.15) is 0 Å². The normalized spacial score (nSPS) is 11.5. The van der Waals surface area contributed by atoms with E-state index in [1.165, 1.54) is 11.8 Å². The molecule has 0 spiro atoms. The molecular weight excluding hydrogens is 304 g/mol. The Morgan fingerprint density at radius 2 is 1.91 bits per heavy atom. The van der Waals surface area contributed by atoms with Crippen LogP contribution >= 0.6 is 11.8 Å². The van der Waals surface area contributed by atoms with Gasteiger partial charge in [-0.05, 0) is 18.6 Å². The highest BCUT2D eigenvalue weighted by atomic mass is 32.2. The monoisotopic (exact) mass is 324 g/mol. The molecule has 1 atom stereocenters. The van der Waals surface area contributed by atoms with Gasteiger partial charge in [0.2, 0.25) is 11.8 Å². The van der Waals surface area contributed by atoms with Crippen LogP contribution in [0.3, 0.4) is 0 Å². The molecule has 22 heavy (non-hydrogen) atoms. The molecule has 1 rings (SSSR count). The number of carboxylic acids is 1. The first-order chi connectivity index (χ1) is 10.5. The fourth-order valence-electron chi connectivity index (χ4n) is 1.68. The van der Waals surface area contributed by atoms with Gasteiger partial charge >= 0.3 is 5.97 Å². The van der Waals surface area contributed by atoms with Crippen molar-refractivity contribution in [3.8, 4) is 0 Å². The number of carboxylic acid groups (broad SMARTS) is 1. The van der Waals surface area contributed by atoms with Gasteiger partial charge in [0, 0.05) is 12.2 Å². The highest BCUT2D eigenvalue weighted by molar-refractivity contribution is 8.01. The Balaban J connectivity index is 2.34. The minimum Gasteiger partial charge on any atom is -0.481 e. The van der Waals surface area contributed by atoms with Gasteiger partial charge in [-0.1, -0.05) is 25.1 Å². The largest absolute Gasteiger partial charge is 0.481 e. The van der Waals surface area contributed by atoms with Gasteiger partial charge < -0.3 is 15.7 Å². The molecule has 1 aromatic carbocycles. The zero-order valence-corrected chi connectivity index (χ0v) is 13.2. The van der Waals surface area contributed by atoms with E-state index < -0.39 is 5.97 Å². The first-order valence-electron chi connectivity index (χ1n) is 6.99. The van der Waals surface area contributed by atoms with E-state index in [1.807, 2.05) is 25.1 Å². The second-order valence-corrected chi connectivity index (χ2v) is 5.75. The van der Waals surface area contributed by atoms with Gasteiger partial charge in [-0.15, -0.1) is 11.8 Å². The molecule has 6 nitrogen and oxygen atoms in total. The van der Waals surface area contributed by atoms with Crippen LogP contribution in [0, 0.1) is 0 Å². The summed E-state index contributed by atoms with van der Waals surface area (Å²) in [5.74, 6) is -1.20. The smallest absolute Gasteiger partial charge is 0.305 e. The number of hydrogen-bond donors (Lipinski definition) is 3. The van der Waals surface area contributed by atoms with Crippen molar-refractivity contribution in [1.29, 1.82) is 0 Å². The van der Waals surface area contributed by atoms with Crippen LogP contribution in [0.15, 0.2) is 30.3 Å². The highest BCUT2D eigenvalue weighted by Crippen LogP contribution is 2.15. The zero-order chi connectivity index (χ0) is 16.4. The summed E-state index contributed by atoms with van der Waals surface area (Å²) in [4.78, 5) is 34.1. The van der Waals surface area contributed by atoms with Gasteiger partial charge in [0.15, 0.2) is 0 Å². The second kappa shape index (κ2) is 9.83. The molecule has 2 amide bonds. The SMILES string of the molecule is CCC(SCC(=O)Nc1ccccc1)C(=O)NCCC(=O)O. The second-order valence-electron chi connectivity index (χ2n) is 4.56. The molecule has 0 aliphatic carbocycles. The number of thioether (sulfide) groups is 1. The van der Waals surface area contributed by atoms with Crippen LogP contribution in [0.5, 0.6) is 0 Å². The lowest BCUT2D eigenvalue weighted by molar-refractivity contribution is -0.137. The van der Waals surface area contributed by atoms with Gasteiger partial charge in [-0.25, -0.2) is 0 Å². The van der Waals surface area contributed by atoms with E-state index >= 15 is 0 Å². The third kappa shape index (κ3) is 7.12. The summed E-state index contributed by atoms with van der Waals surface area (Å²) in [7, 11) is 0. The van der Waals surface area contributed by atoms with Crippen molar-refractivity contribution < 1.29 is 19.5 Å². The summed E-state index contributed by atoms with van der Waals surface area (Å²) >= 11 is 1.24. The minimum absolute atomic E-state index is 0.0986. The Morgan fingerprint density at radius 3 is 2.50 bits per heavy atom. The van der Waals surface area contributed by atoms with Crippen LogP contribution in [0.2, 0.25) is 0 Å². The van der Waals surface area contributed by atoms with Crippen molar-refractivity contribution in [2.24, 2.45) is 0 Å². The number of amides is 2. The molecule has 0 radical (unpaired) electrons. The molecule has 1 aromatic rings. The Kier molecular flexibility index (Phi) is 8.06. The van der Waals surface area contributed by atoms with Crippen LogP contribution in [-0.2, 0) is 14.4 Å². The number of aliphatic carboxylic acids is 1. The third-order valence-electron chi connectivity index (χ3n) is 2.77. The first-order valence-corrected chi connectivity index (χ1v) is 8.03. The summed E-state index contributed by atoms with van der Waals surface area (Å²) < 4.78 is 0. The number of para-hydroxylation sites is 1. The fraction of sp³-hybridized carbons (Fsp3) is 0.400. The maximum atomic E-state index is 11.9. The molecule has 0 saturated heterocycles. The Morgan fingerprint density at radius 1 is 1.23 bits per heavy atom. The molecule has 1 unspecified atom stereocenters. The van der Waals surface area contributed by atoms with Gasteiger partial charge in [0.1, 0.15) is 0 Å². The van der Waals surface area contributed by atoms with Gasteiger partial charge in [0.05, 0.1) is 17.4 Å². The molecule has 3 N–H and O–H groups in total. The number of hydrogen-bond acceptors (Lipinski definition) is 4. The van der Waals surface area contributed by atoms with Crippen molar-refractivity contribution in [2.75, 3.05) is 17.6 Å². The van der Waals surface area contributed by atoms with E-state index in [4.69, 9.17) is 5.11 Å². The van der Waals surface area contributed by atoms with E-state index in [2.05, 4.69) is 10.6 Å². The lowest BCUT2D eigenvalue weighted by Gasteiger charge is -2.14. The number of benzene rings is 1. The molecule has 0 heterocycles. The number of carbonyl (C=O) groups excluding carboxylic acids is 2. The van der Waals surface area contributed by atoms with E-state index in [0.29, 0.717) is 12.1 Å². The Labute approximate surface area is 133 Å². The van der Waals surface area contributed by atoms with Gasteiger partial charge in [0.25, 0.3) is 0 Å². The van der Waals surface area contributed by atoms with Crippen molar-refractivity contribution in [3.05, 3.63) is 30.3 Å². The molecule has 0 saturated carbocycles. The predicted molar refractivity (Wildman–Crippen MR) is 86.9 cm³/mol. The summed E-state index contributed by atoms with van der Waals surface area (Å²) in [6, 6.07) is 9.09. The standard InChI is InChI=1S/C15H20N2O4S/c1-2-12(15(21)16-9-8-14(19)20)22-10-13(18)17-11-6-4-3-5-7-11/h3-7,12H,2,8-10H2,1H3,(H,16,21)(H,17,18)(H,19,20). The molecule has 0 aliphatic rings. The number of anilines is 1. The quantitative estimate of drug-likeness (QED) is 0.643. The topological polar surface area (TPSA) is 95.5 Å². The molecule has 7 heteroatoms. The lowest BCUT2D eigenvalue weighted by Crippen LogP contribution is -2.34. The minimum atomic E-state index is -0.955.